The fourth-order valence-corrected chi connectivity index (χ4v) is 4.42. The van der Waals surface area contributed by atoms with Crippen LogP contribution in [0.5, 0.6) is 0 Å². The first-order valence-electron chi connectivity index (χ1n) is 11.1. The van der Waals surface area contributed by atoms with E-state index in [0.29, 0.717) is 25.8 Å². The van der Waals surface area contributed by atoms with E-state index in [4.69, 9.17) is 0 Å². The molecule has 0 fully saturated rings. The maximum absolute atomic E-state index is 12.6. The van der Waals surface area contributed by atoms with Crippen LogP contribution < -0.4 is 10.2 Å². The van der Waals surface area contributed by atoms with Crippen molar-refractivity contribution in [3.05, 3.63) is 59.4 Å². The Labute approximate surface area is 194 Å². The summed E-state index contributed by atoms with van der Waals surface area (Å²) in [6.45, 7) is 0.502. The van der Waals surface area contributed by atoms with Gasteiger partial charge in [0.05, 0.1) is 18.7 Å². The number of fused-ring (bicyclic) bond motifs is 1. The van der Waals surface area contributed by atoms with E-state index >= 15 is 0 Å². The van der Waals surface area contributed by atoms with Crippen molar-refractivity contribution in [1.29, 1.82) is 0 Å². The number of allylic oxidation sites excluding steroid dienone is 1. The third kappa shape index (κ3) is 7.06. The Morgan fingerprint density at radius 2 is 2.06 bits per heavy atom. The number of pyridine rings is 1. The molecule has 0 radical (unpaired) electrons. The molecule has 1 atom stereocenters. The van der Waals surface area contributed by atoms with Gasteiger partial charge >= 0.3 is 0 Å². The number of carbonyl (C=O) groups is 1. The Balaban J connectivity index is 1.68. The molecular weight excluding hydrogens is 443 g/mol. The summed E-state index contributed by atoms with van der Waals surface area (Å²) in [6.07, 6.45) is 7.42. The second kappa shape index (κ2) is 12.2. The number of unbranched alkanes of at least 4 members (excludes halogenated alkanes) is 1. The number of phosphoric acid groups is 1. The summed E-state index contributed by atoms with van der Waals surface area (Å²) >= 11 is 0. The van der Waals surface area contributed by atoms with Crippen LogP contribution in [-0.4, -0.2) is 42.9 Å². The summed E-state index contributed by atoms with van der Waals surface area (Å²) in [5, 5.41) is 12.3. The standard InChI is InChI=1S/C24H31N2O6P/c1-31-33(29,30)32-15-6-5-13-25-22(28)16-20-17-26-24-19(12-14-27)10-7-11-21(24)23(20)18-8-3-2-4-9-18/h2-4,8-10,17,27H,5-7,11-16H2,1H3,(H,25,28)(H,29,30)/p-1. The summed E-state index contributed by atoms with van der Waals surface area (Å²) in [5.74, 6) is -0.122. The van der Waals surface area contributed by atoms with Gasteiger partial charge in [-0.2, -0.15) is 0 Å². The highest BCUT2D eigenvalue weighted by atomic mass is 31.2. The van der Waals surface area contributed by atoms with Crippen LogP contribution >= 0.6 is 7.82 Å². The molecular formula is C24H30N2O6P-. The predicted octanol–water partition coefficient (Wildman–Crippen LogP) is 3.03. The summed E-state index contributed by atoms with van der Waals surface area (Å²) in [6, 6.07) is 9.99. The highest BCUT2D eigenvalue weighted by Crippen LogP contribution is 2.37. The average molecular weight is 473 g/mol. The number of nitrogens with one attached hydrogen (secondary N) is 1. The van der Waals surface area contributed by atoms with Gasteiger partial charge in [0.25, 0.3) is 7.82 Å². The van der Waals surface area contributed by atoms with Crippen molar-refractivity contribution in [1.82, 2.24) is 10.3 Å². The number of hydrogen-bond donors (Lipinski definition) is 2. The van der Waals surface area contributed by atoms with Crippen LogP contribution in [0, 0.1) is 0 Å². The van der Waals surface area contributed by atoms with E-state index in [0.717, 1.165) is 53.5 Å². The fraction of sp³-hybridized carbons (Fsp3) is 0.417. The summed E-state index contributed by atoms with van der Waals surface area (Å²) in [4.78, 5) is 28.4. The minimum atomic E-state index is -4.20. The minimum Gasteiger partial charge on any atom is -0.756 e. The van der Waals surface area contributed by atoms with E-state index in [9.17, 15) is 19.4 Å². The second-order valence-corrected chi connectivity index (χ2v) is 9.31. The topological polar surface area (TPSA) is 121 Å². The maximum atomic E-state index is 12.6. The van der Waals surface area contributed by atoms with E-state index < -0.39 is 7.82 Å². The van der Waals surface area contributed by atoms with Crippen molar-refractivity contribution < 1.29 is 28.4 Å². The fourth-order valence-electron chi connectivity index (χ4n) is 3.96. The Hall–Kier alpha value is -2.35. The lowest BCUT2D eigenvalue weighted by molar-refractivity contribution is -0.223. The zero-order valence-corrected chi connectivity index (χ0v) is 19.7. The summed E-state index contributed by atoms with van der Waals surface area (Å²) < 4.78 is 20.0. The first-order valence-corrected chi connectivity index (χ1v) is 12.6. The van der Waals surface area contributed by atoms with Gasteiger partial charge in [-0.1, -0.05) is 36.4 Å². The second-order valence-electron chi connectivity index (χ2n) is 7.79. The van der Waals surface area contributed by atoms with Crippen molar-refractivity contribution in [2.45, 2.75) is 38.5 Å². The quantitative estimate of drug-likeness (QED) is 0.359. The summed E-state index contributed by atoms with van der Waals surface area (Å²) in [5.41, 5.74) is 6.02. The average Bonchev–Trinajstić information content (AvgIpc) is 2.82. The Kier molecular flexibility index (Phi) is 9.35. The zero-order valence-electron chi connectivity index (χ0n) is 18.8. The lowest BCUT2D eigenvalue weighted by Crippen LogP contribution is -2.27. The number of phosphoric ester groups is 1. The molecule has 0 spiro atoms. The molecule has 0 bridgehead atoms. The van der Waals surface area contributed by atoms with Crippen molar-refractivity contribution in [3.8, 4) is 11.1 Å². The van der Waals surface area contributed by atoms with Gasteiger partial charge < -0.3 is 24.4 Å². The number of nitrogens with zero attached hydrogens (tertiary/aromatic N) is 1. The number of aliphatic hydroxyl groups is 1. The Morgan fingerprint density at radius 3 is 2.79 bits per heavy atom. The van der Waals surface area contributed by atoms with E-state index in [2.05, 4.69) is 25.4 Å². The molecule has 1 aromatic carbocycles. The highest BCUT2D eigenvalue weighted by Gasteiger charge is 2.22. The normalized spacial score (nSPS) is 14.8. The molecule has 1 unspecified atom stereocenters. The first kappa shape index (κ1) is 25.3. The number of amides is 1. The monoisotopic (exact) mass is 473 g/mol. The summed E-state index contributed by atoms with van der Waals surface area (Å²) in [7, 11) is -3.15. The van der Waals surface area contributed by atoms with Gasteiger partial charge in [0.2, 0.25) is 5.91 Å². The molecule has 1 aliphatic rings. The van der Waals surface area contributed by atoms with Crippen LogP contribution in [0.15, 0.2) is 42.6 Å². The number of hydrogen-bond acceptors (Lipinski definition) is 7. The molecule has 1 aliphatic carbocycles. The van der Waals surface area contributed by atoms with Gasteiger partial charge in [-0.3, -0.25) is 14.3 Å². The Bertz CT molecular complexity index is 1030. The molecule has 1 amide bonds. The van der Waals surface area contributed by atoms with Crippen LogP contribution in [0.25, 0.3) is 16.7 Å². The van der Waals surface area contributed by atoms with Crippen molar-refractivity contribution in [3.63, 3.8) is 0 Å². The van der Waals surface area contributed by atoms with E-state index in [1.165, 1.54) is 0 Å². The lowest BCUT2D eigenvalue weighted by Gasteiger charge is -2.22. The van der Waals surface area contributed by atoms with E-state index in [-0.39, 0.29) is 25.5 Å². The first-order chi connectivity index (χ1) is 15.9. The predicted molar refractivity (Wildman–Crippen MR) is 124 cm³/mol. The number of aliphatic hydroxyl groups excluding tert-OH is 1. The highest BCUT2D eigenvalue weighted by molar-refractivity contribution is 7.45. The molecule has 0 saturated carbocycles. The largest absolute Gasteiger partial charge is 0.756 e. The van der Waals surface area contributed by atoms with Crippen LogP contribution in [0.4, 0.5) is 0 Å². The third-order valence-electron chi connectivity index (χ3n) is 5.51. The molecule has 178 valence electrons. The van der Waals surface area contributed by atoms with Crippen LogP contribution in [0.3, 0.4) is 0 Å². The molecule has 1 heterocycles. The zero-order chi connectivity index (χ0) is 23.7. The number of benzene rings is 1. The molecule has 33 heavy (non-hydrogen) atoms. The van der Waals surface area contributed by atoms with Gasteiger partial charge in [0.1, 0.15) is 0 Å². The van der Waals surface area contributed by atoms with Crippen molar-refractivity contribution in [2.75, 3.05) is 26.9 Å². The van der Waals surface area contributed by atoms with E-state index in [1.807, 2.05) is 30.3 Å². The number of rotatable bonds is 12. The molecule has 0 saturated heterocycles. The van der Waals surface area contributed by atoms with Crippen LogP contribution in [-0.2, 0) is 31.2 Å². The molecule has 2 N–H and O–H groups in total. The molecule has 0 aliphatic heterocycles. The van der Waals surface area contributed by atoms with E-state index in [1.54, 1.807) is 6.20 Å². The Morgan fingerprint density at radius 1 is 1.27 bits per heavy atom. The molecule has 8 nitrogen and oxygen atoms in total. The number of aromatic nitrogens is 1. The number of carbonyl (C=O) groups excluding carboxylic acids is 1. The smallest absolute Gasteiger partial charge is 0.267 e. The SMILES string of the molecule is COP(=O)([O-])OCCCCNC(=O)Cc1cnc2c(c1-c1ccccc1)CCC=C2CCO. The van der Waals surface area contributed by atoms with Gasteiger partial charge in [0, 0.05) is 26.5 Å². The molecule has 1 aromatic heterocycles. The van der Waals surface area contributed by atoms with Crippen LogP contribution in [0.1, 0.15) is 42.5 Å². The van der Waals surface area contributed by atoms with Gasteiger partial charge in [-0.15, -0.1) is 0 Å². The lowest BCUT2D eigenvalue weighted by atomic mass is 9.85. The van der Waals surface area contributed by atoms with Gasteiger partial charge in [-0.05, 0) is 59.9 Å². The van der Waals surface area contributed by atoms with Gasteiger partial charge in [-0.25, -0.2) is 0 Å². The third-order valence-corrected chi connectivity index (χ3v) is 6.45. The maximum Gasteiger partial charge on any atom is 0.267 e. The van der Waals surface area contributed by atoms with Crippen molar-refractivity contribution >= 4 is 19.3 Å². The molecule has 3 rings (SSSR count). The van der Waals surface area contributed by atoms with Crippen LogP contribution in [0.2, 0.25) is 0 Å². The molecule has 9 heteroatoms. The minimum absolute atomic E-state index is 0.0150. The van der Waals surface area contributed by atoms with Crippen molar-refractivity contribution in [2.24, 2.45) is 0 Å². The van der Waals surface area contributed by atoms with Gasteiger partial charge in [0.15, 0.2) is 0 Å². The molecule has 2 aromatic rings.